The van der Waals surface area contributed by atoms with E-state index in [9.17, 15) is 9.18 Å². The van der Waals surface area contributed by atoms with Gasteiger partial charge in [-0.15, -0.1) is 0 Å². The Bertz CT molecular complexity index is 779. The molecule has 0 spiro atoms. The van der Waals surface area contributed by atoms with Crippen LogP contribution in [0.2, 0.25) is 0 Å². The van der Waals surface area contributed by atoms with Gasteiger partial charge in [-0.3, -0.25) is 4.79 Å². The Hall–Kier alpha value is -2.44. The zero-order valence-electron chi connectivity index (χ0n) is 15.4. The molecule has 1 atom stereocenters. The van der Waals surface area contributed by atoms with Gasteiger partial charge in [0.1, 0.15) is 17.3 Å². The number of carbonyl (C=O) groups excluding carboxylic acids is 1. The third kappa shape index (κ3) is 4.64. The molecule has 0 radical (unpaired) electrons. The molecule has 1 unspecified atom stereocenters. The molecule has 0 saturated carbocycles. The summed E-state index contributed by atoms with van der Waals surface area (Å²) in [6, 6.07) is 11.8. The molecule has 5 nitrogen and oxygen atoms in total. The number of hydrogen-bond acceptors (Lipinski definition) is 4. The van der Waals surface area contributed by atoms with Crippen LogP contribution in [0.25, 0.3) is 0 Å². The van der Waals surface area contributed by atoms with E-state index in [1.165, 1.54) is 18.2 Å². The van der Waals surface area contributed by atoms with Crippen LogP contribution >= 0.6 is 0 Å². The van der Waals surface area contributed by atoms with Gasteiger partial charge < -0.3 is 21.1 Å². The van der Waals surface area contributed by atoms with Gasteiger partial charge in [-0.1, -0.05) is 12.1 Å². The van der Waals surface area contributed by atoms with Crippen LogP contribution in [0, 0.1) is 5.82 Å². The summed E-state index contributed by atoms with van der Waals surface area (Å²) >= 11 is 0. The van der Waals surface area contributed by atoms with Crippen molar-refractivity contribution in [2.75, 3.05) is 19.6 Å². The monoisotopic (exact) mass is 371 g/mol. The van der Waals surface area contributed by atoms with Crippen LogP contribution in [-0.4, -0.2) is 36.5 Å². The number of benzene rings is 2. The lowest BCUT2D eigenvalue weighted by Crippen LogP contribution is -2.47. The number of piperidine rings is 1. The van der Waals surface area contributed by atoms with Gasteiger partial charge in [0.2, 0.25) is 0 Å². The van der Waals surface area contributed by atoms with Crippen molar-refractivity contribution in [1.82, 2.24) is 4.90 Å². The predicted octanol–water partition coefficient (Wildman–Crippen LogP) is 3.07. The van der Waals surface area contributed by atoms with E-state index in [0.717, 1.165) is 31.2 Å². The summed E-state index contributed by atoms with van der Waals surface area (Å²) < 4.78 is 20.1. The van der Waals surface area contributed by atoms with E-state index < -0.39 is 5.82 Å². The molecule has 2 aromatic carbocycles. The summed E-state index contributed by atoms with van der Waals surface area (Å²) in [5.41, 5.74) is 12.5. The summed E-state index contributed by atoms with van der Waals surface area (Å²) in [6.07, 6.45) is 3.61. The molecule has 1 amide bonds. The Balaban J connectivity index is 1.78. The van der Waals surface area contributed by atoms with Crippen LogP contribution in [0.15, 0.2) is 42.5 Å². The maximum absolute atomic E-state index is 14.3. The minimum absolute atomic E-state index is 0.0209. The van der Waals surface area contributed by atoms with Crippen molar-refractivity contribution in [3.05, 3.63) is 59.4 Å². The number of halogens is 1. The van der Waals surface area contributed by atoms with Crippen LogP contribution in [0.1, 0.15) is 35.2 Å². The number of hydrogen-bond donors (Lipinski definition) is 2. The lowest BCUT2D eigenvalue weighted by Gasteiger charge is -2.35. The summed E-state index contributed by atoms with van der Waals surface area (Å²) in [7, 11) is 0. The summed E-state index contributed by atoms with van der Waals surface area (Å²) in [5.74, 6) is 0.171. The smallest absolute Gasteiger partial charge is 0.257 e. The second kappa shape index (κ2) is 8.97. The van der Waals surface area contributed by atoms with Gasteiger partial charge >= 0.3 is 0 Å². The van der Waals surface area contributed by atoms with E-state index >= 15 is 0 Å². The van der Waals surface area contributed by atoms with E-state index in [1.807, 2.05) is 24.3 Å². The van der Waals surface area contributed by atoms with Crippen molar-refractivity contribution < 1.29 is 13.9 Å². The second-order valence-corrected chi connectivity index (χ2v) is 6.81. The molecule has 1 aliphatic rings. The van der Waals surface area contributed by atoms with Gasteiger partial charge in [0.05, 0.1) is 5.56 Å². The van der Waals surface area contributed by atoms with E-state index in [-0.39, 0.29) is 17.5 Å². The van der Waals surface area contributed by atoms with Crippen LogP contribution in [0.4, 0.5) is 4.39 Å². The second-order valence-electron chi connectivity index (χ2n) is 6.81. The number of rotatable bonds is 6. The standard InChI is InChI=1S/C21H26FN3O2/c22-20-9-8-18(27-17-6-4-15(5-7-17)10-11-23)13-19(20)21(26)25-12-2-1-3-16(25)14-24/h4-9,13,16H,1-3,10-12,14,23-24H2. The molecule has 2 aromatic rings. The maximum atomic E-state index is 14.3. The normalized spacial score (nSPS) is 17.0. The highest BCUT2D eigenvalue weighted by Crippen LogP contribution is 2.26. The fourth-order valence-corrected chi connectivity index (χ4v) is 3.43. The molecule has 1 saturated heterocycles. The van der Waals surface area contributed by atoms with Gasteiger partial charge in [-0.2, -0.15) is 0 Å². The van der Waals surface area contributed by atoms with Crippen molar-refractivity contribution in [1.29, 1.82) is 0 Å². The van der Waals surface area contributed by atoms with Crippen molar-refractivity contribution in [2.45, 2.75) is 31.7 Å². The van der Waals surface area contributed by atoms with E-state index in [4.69, 9.17) is 16.2 Å². The van der Waals surface area contributed by atoms with Crippen LogP contribution < -0.4 is 16.2 Å². The number of carbonyl (C=O) groups is 1. The summed E-state index contributed by atoms with van der Waals surface area (Å²) in [4.78, 5) is 14.6. The highest BCUT2D eigenvalue weighted by Gasteiger charge is 2.28. The van der Waals surface area contributed by atoms with E-state index in [2.05, 4.69) is 0 Å². The van der Waals surface area contributed by atoms with E-state index in [1.54, 1.807) is 4.90 Å². The number of ether oxygens (including phenoxy) is 1. The topological polar surface area (TPSA) is 81.6 Å². The summed E-state index contributed by atoms with van der Waals surface area (Å²) in [5, 5.41) is 0. The molecule has 6 heteroatoms. The molecule has 27 heavy (non-hydrogen) atoms. The lowest BCUT2D eigenvalue weighted by molar-refractivity contribution is 0.0618. The van der Waals surface area contributed by atoms with Gasteiger partial charge in [-0.25, -0.2) is 4.39 Å². The lowest BCUT2D eigenvalue weighted by atomic mass is 10.0. The Morgan fingerprint density at radius 1 is 1.11 bits per heavy atom. The zero-order valence-corrected chi connectivity index (χ0v) is 15.4. The van der Waals surface area contributed by atoms with Crippen molar-refractivity contribution in [3.8, 4) is 11.5 Å². The van der Waals surface area contributed by atoms with Gasteiger partial charge in [0, 0.05) is 19.1 Å². The Labute approximate surface area is 159 Å². The van der Waals surface area contributed by atoms with Gasteiger partial charge in [0.25, 0.3) is 5.91 Å². The molecule has 1 aliphatic heterocycles. The zero-order chi connectivity index (χ0) is 19.2. The summed E-state index contributed by atoms with van der Waals surface area (Å²) in [6.45, 7) is 1.58. The Morgan fingerprint density at radius 3 is 2.56 bits per heavy atom. The Morgan fingerprint density at radius 2 is 1.85 bits per heavy atom. The minimum Gasteiger partial charge on any atom is -0.457 e. The SMILES string of the molecule is NCCc1ccc(Oc2ccc(F)c(C(=O)N3CCCCC3CN)c2)cc1. The molecular formula is C21H26FN3O2. The number of amides is 1. The molecule has 0 aliphatic carbocycles. The van der Waals surface area contributed by atoms with Gasteiger partial charge in [-0.05, 0) is 68.1 Å². The maximum Gasteiger partial charge on any atom is 0.257 e. The highest BCUT2D eigenvalue weighted by molar-refractivity contribution is 5.95. The first kappa shape index (κ1) is 19.3. The molecule has 0 bridgehead atoms. The molecule has 1 fully saturated rings. The average molecular weight is 371 g/mol. The minimum atomic E-state index is -0.549. The van der Waals surface area contributed by atoms with Crippen molar-refractivity contribution in [3.63, 3.8) is 0 Å². The fraction of sp³-hybridized carbons (Fsp3) is 0.381. The largest absolute Gasteiger partial charge is 0.457 e. The average Bonchev–Trinajstić information content (AvgIpc) is 2.70. The molecule has 4 N–H and O–H groups in total. The molecule has 1 heterocycles. The van der Waals surface area contributed by atoms with Crippen molar-refractivity contribution >= 4 is 5.91 Å². The Kier molecular flexibility index (Phi) is 6.42. The van der Waals surface area contributed by atoms with E-state index in [0.29, 0.717) is 31.1 Å². The first-order valence-electron chi connectivity index (χ1n) is 9.40. The fourth-order valence-electron chi connectivity index (χ4n) is 3.43. The molecular weight excluding hydrogens is 345 g/mol. The quantitative estimate of drug-likeness (QED) is 0.818. The third-order valence-corrected chi connectivity index (χ3v) is 4.92. The molecule has 3 rings (SSSR count). The van der Waals surface area contributed by atoms with Crippen LogP contribution in [0.5, 0.6) is 11.5 Å². The molecule has 0 aromatic heterocycles. The number of nitrogens with two attached hydrogens (primary N) is 2. The molecule has 144 valence electrons. The van der Waals surface area contributed by atoms with Crippen molar-refractivity contribution in [2.24, 2.45) is 11.5 Å². The first-order valence-corrected chi connectivity index (χ1v) is 9.40. The first-order chi connectivity index (χ1) is 13.1. The number of likely N-dealkylation sites (tertiary alicyclic amines) is 1. The third-order valence-electron chi connectivity index (χ3n) is 4.92. The van der Waals surface area contributed by atoms with Crippen LogP contribution in [0.3, 0.4) is 0 Å². The highest BCUT2D eigenvalue weighted by atomic mass is 19.1. The van der Waals surface area contributed by atoms with Crippen LogP contribution in [-0.2, 0) is 6.42 Å². The van der Waals surface area contributed by atoms with Gasteiger partial charge in [0.15, 0.2) is 0 Å². The number of nitrogens with zero attached hydrogens (tertiary/aromatic N) is 1. The predicted molar refractivity (Wildman–Crippen MR) is 103 cm³/mol.